The first kappa shape index (κ1) is 16.3. The Bertz CT molecular complexity index is 1220. The Morgan fingerprint density at radius 2 is 1.93 bits per heavy atom. The van der Waals surface area contributed by atoms with Crippen molar-refractivity contribution < 1.29 is 14.6 Å². The van der Waals surface area contributed by atoms with Crippen LogP contribution in [0.5, 0.6) is 5.75 Å². The maximum absolute atomic E-state index is 13.3. The van der Waals surface area contributed by atoms with Crippen LogP contribution in [-0.2, 0) is 15.1 Å². The number of carbonyl (C=O) groups is 1. The summed E-state index contributed by atoms with van der Waals surface area (Å²) in [6, 6.07) is 16.0. The van der Waals surface area contributed by atoms with Gasteiger partial charge in [0.2, 0.25) is 0 Å². The third-order valence-electron chi connectivity index (χ3n) is 5.15. The van der Waals surface area contributed by atoms with Gasteiger partial charge in [0.05, 0.1) is 12.6 Å². The predicted molar refractivity (Wildman–Crippen MR) is 103 cm³/mol. The molecule has 0 saturated heterocycles. The first-order valence-electron chi connectivity index (χ1n) is 8.73. The number of para-hydroxylation sites is 1. The van der Waals surface area contributed by atoms with Crippen molar-refractivity contribution in [2.75, 3.05) is 12.4 Å². The van der Waals surface area contributed by atoms with Gasteiger partial charge in [0.15, 0.2) is 5.54 Å². The molecule has 3 heterocycles. The highest BCUT2D eigenvalue weighted by molar-refractivity contribution is 6.00. The minimum absolute atomic E-state index is 0.114. The van der Waals surface area contributed by atoms with Gasteiger partial charge in [0.25, 0.3) is 0 Å². The zero-order valence-electron chi connectivity index (χ0n) is 15.0. The fourth-order valence-electron chi connectivity index (χ4n) is 3.89. The third kappa shape index (κ3) is 2.07. The highest BCUT2D eigenvalue weighted by Gasteiger charge is 2.47. The molecule has 1 aliphatic heterocycles. The van der Waals surface area contributed by atoms with Crippen molar-refractivity contribution in [1.29, 1.82) is 0 Å². The van der Waals surface area contributed by atoms with Gasteiger partial charge in [-0.3, -0.25) is 0 Å². The smallest absolute Gasteiger partial charge is 0.341 e. The Balaban J connectivity index is 1.95. The van der Waals surface area contributed by atoms with Crippen LogP contribution in [0.15, 0.2) is 67.1 Å². The number of carbonyl (C=O) groups excluding carboxylic acids is 1. The number of methoxy groups -OCH3 is 1. The molecule has 2 aromatic carbocycles. The quantitative estimate of drug-likeness (QED) is 0.526. The van der Waals surface area contributed by atoms with Crippen molar-refractivity contribution in [2.24, 2.45) is 0 Å². The molecule has 28 heavy (non-hydrogen) atoms. The van der Waals surface area contributed by atoms with E-state index in [0.29, 0.717) is 11.1 Å². The summed E-state index contributed by atoms with van der Waals surface area (Å²) >= 11 is 0. The van der Waals surface area contributed by atoms with E-state index in [1.54, 1.807) is 35.0 Å². The van der Waals surface area contributed by atoms with E-state index in [9.17, 15) is 9.90 Å². The maximum atomic E-state index is 13.3. The fraction of sp³-hybridized carbons (Fsp3) is 0.0952. The van der Waals surface area contributed by atoms with Crippen LogP contribution in [0.25, 0.3) is 16.8 Å². The second kappa shape index (κ2) is 5.82. The number of aromatic hydroxyl groups is 1. The zero-order valence-corrected chi connectivity index (χ0v) is 15.0. The molecule has 0 spiro atoms. The first-order chi connectivity index (χ1) is 13.6. The van der Waals surface area contributed by atoms with E-state index in [1.165, 1.54) is 13.4 Å². The number of anilines is 1. The second-order valence-electron chi connectivity index (χ2n) is 6.59. The fourth-order valence-corrected chi connectivity index (χ4v) is 3.89. The molecule has 1 unspecified atom stereocenters. The van der Waals surface area contributed by atoms with Crippen LogP contribution in [0.4, 0.5) is 5.69 Å². The lowest BCUT2D eigenvalue weighted by atomic mass is 9.83. The summed E-state index contributed by atoms with van der Waals surface area (Å²) in [7, 11) is 1.36. The number of benzene rings is 2. The van der Waals surface area contributed by atoms with Crippen LogP contribution >= 0.6 is 0 Å². The normalized spacial score (nSPS) is 17.5. The Labute approximate surface area is 160 Å². The molecule has 2 aromatic heterocycles. The summed E-state index contributed by atoms with van der Waals surface area (Å²) in [6.45, 7) is 0. The van der Waals surface area contributed by atoms with Gasteiger partial charge in [0.1, 0.15) is 17.8 Å². The summed E-state index contributed by atoms with van der Waals surface area (Å²) in [5.74, 6) is -0.360. The van der Waals surface area contributed by atoms with E-state index in [-0.39, 0.29) is 5.75 Å². The minimum atomic E-state index is -1.33. The van der Waals surface area contributed by atoms with Crippen molar-refractivity contribution in [3.8, 4) is 17.0 Å². The lowest BCUT2D eigenvalue weighted by Crippen LogP contribution is -2.45. The van der Waals surface area contributed by atoms with Crippen molar-refractivity contribution in [2.45, 2.75) is 5.54 Å². The van der Waals surface area contributed by atoms with Crippen molar-refractivity contribution in [3.05, 3.63) is 78.2 Å². The minimum Gasteiger partial charge on any atom is -0.508 e. The topological polar surface area (TPSA) is 88.8 Å². The molecule has 1 aliphatic rings. The number of esters is 1. The summed E-state index contributed by atoms with van der Waals surface area (Å²) in [6.07, 6.45) is 3.29. The molecule has 4 aromatic rings. The molecule has 2 N–H and O–H groups in total. The number of hydrogen-bond acceptors (Lipinski definition) is 6. The van der Waals surface area contributed by atoms with Crippen molar-refractivity contribution in [1.82, 2.24) is 14.6 Å². The van der Waals surface area contributed by atoms with Gasteiger partial charge in [0, 0.05) is 23.0 Å². The number of phenols is 1. The van der Waals surface area contributed by atoms with Crippen LogP contribution in [0.3, 0.4) is 0 Å². The predicted octanol–water partition coefficient (Wildman–Crippen LogP) is 2.94. The summed E-state index contributed by atoms with van der Waals surface area (Å²) in [5.41, 5.74) is 3.04. The van der Waals surface area contributed by atoms with E-state index in [1.807, 2.05) is 30.3 Å². The van der Waals surface area contributed by atoms with Crippen LogP contribution in [-0.4, -0.2) is 32.8 Å². The number of aromatic nitrogens is 3. The van der Waals surface area contributed by atoms with Gasteiger partial charge < -0.3 is 15.2 Å². The molecule has 5 rings (SSSR count). The molecule has 7 nitrogen and oxygen atoms in total. The number of nitrogens with zero attached hydrogens (tertiary/aromatic N) is 3. The Hall–Kier alpha value is -3.87. The molecular weight excluding hydrogens is 356 g/mol. The van der Waals surface area contributed by atoms with Crippen LogP contribution in [0.1, 0.15) is 11.1 Å². The number of rotatable bonds is 2. The average Bonchev–Trinajstić information content (AvgIpc) is 3.12. The van der Waals surface area contributed by atoms with E-state index in [0.717, 1.165) is 22.5 Å². The van der Waals surface area contributed by atoms with Crippen molar-refractivity contribution >= 4 is 17.2 Å². The van der Waals surface area contributed by atoms with Gasteiger partial charge in [-0.2, -0.15) is 5.10 Å². The zero-order chi connectivity index (χ0) is 19.3. The second-order valence-corrected chi connectivity index (χ2v) is 6.59. The maximum Gasteiger partial charge on any atom is 0.341 e. The van der Waals surface area contributed by atoms with E-state index >= 15 is 0 Å². The van der Waals surface area contributed by atoms with E-state index in [4.69, 9.17) is 4.74 Å². The number of nitrogens with one attached hydrogen (secondary N) is 1. The highest BCUT2D eigenvalue weighted by atomic mass is 16.5. The molecule has 0 radical (unpaired) electrons. The van der Waals surface area contributed by atoms with Crippen LogP contribution in [0, 0.1) is 0 Å². The molecule has 7 heteroatoms. The first-order valence-corrected chi connectivity index (χ1v) is 8.73. The lowest BCUT2D eigenvalue weighted by Gasteiger charge is -2.32. The third-order valence-corrected chi connectivity index (χ3v) is 5.15. The monoisotopic (exact) mass is 372 g/mol. The van der Waals surface area contributed by atoms with E-state index < -0.39 is 11.5 Å². The van der Waals surface area contributed by atoms with Gasteiger partial charge >= 0.3 is 5.97 Å². The molecule has 1 atom stereocenters. The number of ether oxygens (including phenoxy) is 1. The van der Waals surface area contributed by atoms with Gasteiger partial charge in [-0.25, -0.2) is 14.3 Å². The number of hydrogen-bond donors (Lipinski definition) is 2. The molecule has 0 aliphatic carbocycles. The summed E-state index contributed by atoms with van der Waals surface area (Å²) in [4.78, 5) is 17.8. The van der Waals surface area contributed by atoms with Crippen LogP contribution in [0.2, 0.25) is 0 Å². The molecule has 0 amide bonds. The molecule has 138 valence electrons. The Kier molecular flexibility index (Phi) is 3.39. The number of fused-ring (bicyclic) bond motifs is 2. The van der Waals surface area contributed by atoms with Gasteiger partial charge in [-0.1, -0.05) is 30.3 Å². The Morgan fingerprint density at radius 1 is 1.14 bits per heavy atom. The average molecular weight is 372 g/mol. The largest absolute Gasteiger partial charge is 0.508 e. The highest BCUT2D eigenvalue weighted by Crippen LogP contribution is 2.45. The standard InChI is InChI=1S/C21H16N4O3/c1-28-20(27)21(13-6-8-14(26)9-7-13)16-10-11-25-19(16)18(22-12-23-25)15-4-2-3-5-17(15)24-21/h2-12,24,26H,1H3. The summed E-state index contributed by atoms with van der Waals surface area (Å²) in [5, 5.41) is 17.5. The lowest BCUT2D eigenvalue weighted by molar-refractivity contribution is -0.144. The SMILES string of the molecule is COC(=O)C1(c2ccc(O)cc2)Nc2ccccc2-c2ncnn3ccc1c23. The van der Waals surface area contributed by atoms with Crippen LogP contribution < -0.4 is 5.32 Å². The summed E-state index contributed by atoms with van der Waals surface area (Å²) < 4.78 is 6.96. The van der Waals surface area contributed by atoms with Crippen molar-refractivity contribution in [3.63, 3.8) is 0 Å². The molecule has 0 saturated carbocycles. The van der Waals surface area contributed by atoms with Gasteiger partial charge in [-0.15, -0.1) is 0 Å². The van der Waals surface area contributed by atoms with Gasteiger partial charge in [-0.05, 0) is 29.8 Å². The Morgan fingerprint density at radius 3 is 2.71 bits per heavy atom. The number of phenolic OH excluding ortho intramolecular Hbond substituents is 1. The van der Waals surface area contributed by atoms with E-state index in [2.05, 4.69) is 15.4 Å². The molecular formula is C21H16N4O3. The molecule has 0 fully saturated rings. The molecule has 0 bridgehead atoms.